The molecule has 1 heterocycles. The Balaban J connectivity index is 1.71. The van der Waals surface area contributed by atoms with Crippen molar-refractivity contribution in [3.05, 3.63) is 54.1 Å². The summed E-state index contributed by atoms with van der Waals surface area (Å²) < 4.78 is 11.3. The summed E-state index contributed by atoms with van der Waals surface area (Å²) in [7, 11) is 0. The van der Waals surface area contributed by atoms with Crippen LogP contribution in [0.15, 0.2) is 48.5 Å². The van der Waals surface area contributed by atoms with E-state index >= 15 is 0 Å². The number of nitrogens with zero attached hydrogens (tertiary/aromatic N) is 1. The Labute approximate surface area is 191 Å². The molecule has 2 aromatic rings. The zero-order chi connectivity index (χ0) is 22.6. The van der Waals surface area contributed by atoms with Gasteiger partial charge in [0, 0.05) is 31.5 Å². The second kappa shape index (κ2) is 12.9. The van der Waals surface area contributed by atoms with Gasteiger partial charge in [-0.25, -0.2) is 4.79 Å². The van der Waals surface area contributed by atoms with E-state index < -0.39 is 5.97 Å². The molecule has 2 aromatic carbocycles. The first kappa shape index (κ1) is 23.9. The number of carboxylic acid groups (broad SMARTS) is 1. The molecule has 0 bridgehead atoms. The van der Waals surface area contributed by atoms with Crippen LogP contribution >= 0.6 is 0 Å². The highest BCUT2D eigenvalue weighted by Crippen LogP contribution is 2.31. The number of benzene rings is 2. The number of ether oxygens (including phenoxy) is 2. The molecule has 1 N–H and O–H groups in total. The number of unbranched alkanes of at least 4 members (excludes halogenated alkanes) is 1. The minimum Gasteiger partial charge on any atom is -0.491 e. The van der Waals surface area contributed by atoms with Crippen molar-refractivity contribution in [3.63, 3.8) is 0 Å². The number of hydrogen-bond acceptors (Lipinski definition) is 4. The average Bonchev–Trinajstić information content (AvgIpc) is 3.10. The fourth-order valence-corrected chi connectivity index (χ4v) is 3.94. The molecular formula is C27H35NO4. The van der Waals surface area contributed by atoms with Crippen LogP contribution in [0.2, 0.25) is 0 Å². The second-order valence-corrected chi connectivity index (χ2v) is 8.19. The van der Waals surface area contributed by atoms with Crippen LogP contribution < -0.4 is 9.64 Å². The molecule has 3 rings (SSSR count). The van der Waals surface area contributed by atoms with Crippen LogP contribution in [0.5, 0.6) is 5.75 Å². The van der Waals surface area contributed by atoms with Gasteiger partial charge in [-0.1, -0.05) is 44.4 Å². The van der Waals surface area contributed by atoms with Gasteiger partial charge in [-0.2, -0.15) is 0 Å². The van der Waals surface area contributed by atoms with Crippen molar-refractivity contribution in [2.75, 3.05) is 37.8 Å². The van der Waals surface area contributed by atoms with Gasteiger partial charge in [-0.3, -0.25) is 0 Å². The van der Waals surface area contributed by atoms with Crippen LogP contribution in [0, 0.1) is 0 Å². The van der Waals surface area contributed by atoms with Crippen molar-refractivity contribution < 1.29 is 19.4 Å². The Bertz CT molecular complexity index is 868. The van der Waals surface area contributed by atoms with Crippen LogP contribution in [0.3, 0.4) is 0 Å². The average molecular weight is 438 g/mol. The first-order valence-electron chi connectivity index (χ1n) is 11.8. The van der Waals surface area contributed by atoms with E-state index in [4.69, 9.17) is 14.6 Å². The summed E-state index contributed by atoms with van der Waals surface area (Å²) in [5, 5.41) is 9.15. The van der Waals surface area contributed by atoms with E-state index in [0.29, 0.717) is 13.2 Å². The van der Waals surface area contributed by atoms with E-state index in [1.807, 2.05) is 24.3 Å². The molecule has 172 valence electrons. The Morgan fingerprint density at radius 2 is 1.69 bits per heavy atom. The number of anilines is 1. The van der Waals surface area contributed by atoms with Gasteiger partial charge in [0.1, 0.15) is 12.4 Å². The Morgan fingerprint density at radius 1 is 0.969 bits per heavy atom. The third-order valence-corrected chi connectivity index (χ3v) is 5.71. The first-order chi connectivity index (χ1) is 15.7. The van der Waals surface area contributed by atoms with Gasteiger partial charge in [-0.15, -0.1) is 0 Å². The molecule has 0 amide bonds. The van der Waals surface area contributed by atoms with Gasteiger partial charge in [0.25, 0.3) is 0 Å². The summed E-state index contributed by atoms with van der Waals surface area (Å²) in [5.41, 5.74) is 4.18. The summed E-state index contributed by atoms with van der Waals surface area (Å²) in [6.45, 7) is 6.10. The predicted molar refractivity (Wildman–Crippen MR) is 130 cm³/mol. The van der Waals surface area contributed by atoms with E-state index in [-0.39, 0.29) is 0 Å². The number of carbonyl (C=O) groups is 1. The summed E-state index contributed by atoms with van der Waals surface area (Å²) in [6, 6.07) is 14.3. The van der Waals surface area contributed by atoms with Crippen LogP contribution in [-0.4, -0.2) is 44.0 Å². The molecule has 1 aliphatic rings. The minimum absolute atomic E-state index is 0.539. The van der Waals surface area contributed by atoms with Gasteiger partial charge < -0.3 is 19.5 Å². The van der Waals surface area contributed by atoms with Crippen LogP contribution in [0.25, 0.3) is 17.2 Å². The molecule has 0 aliphatic carbocycles. The van der Waals surface area contributed by atoms with Gasteiger partial charge in [0.2, 0.25) is 0 Å². The molecule has 5 heteroatoms. The normalized spacial score (nSPS) is 14.5. The lowest BCUT2D eigenvalue weighted by Crippen LogP contribution is -2.24. The van der Waals surface area contributed by atoms with Crippen molar-refractivity contribution >= 4 is 17.7 Å². The molecule has 0 aromatic heterocycles. The number of carboxylic acids is 1. The van der Waals surface area contributed by atoms with Crippen molar-refractivity contribution in [1.82, 2.24) is 0 Å². The van der Waals surface area contributed by atoms with Crippen LogP contribution in [-0.2, 0) is 9.53 Å². The van der Waals surface area contributed by atoms with Crippen LogP contribution in [0.1, 0.15) is 51.0 Å². The minimum atomic E-state index is -0.933. The molecule has 5 nitrogen and oxygen atoms in total. The fourth-order valence-electron chi connectivity index (χ4n) is 3.94. The van der Waals surface area contributed by atoms with Crippen molar-refractivity contribution in [1.29, 1.82) is 0 Å². The zero-order valence-corrected chi connectivity index (χ0v) is 19.1. The van der Waals surface area contributed by atoms with Gasteiger partial charge in [-0.05, 0) is 66.3 Å². The third kappa shape index (κ3) is 7.41. The maximum atomic E-state index is 11.1. The SMILES string of the molecule is CCCCOCCOc1ccc(-c2ccc(N3CCCCCC3)c(C=CC(=O)O)c2)cc1. The highest BCUT2D eigenvalue weighted by Gasteiger charge is 2.14. The maximum Gasteiger partial charge on any atom is 0.328 e. The molecule has 0 atom stereocenters. The topological polar surface area (TPSA) is 59.0 Å². The summed E-state index contributed by atoms with van der Waals surface area (Å²) >= 11 is 0. The molecule has 1 fully saturated rings. The first-order valence-corrected chi connectivity index (χ1v) is 11.8. The fraction of sp³-hybridized carbons (Fsp3) is 0.444. The second-order valence-electron chi connectivity index (χ2n) is 8.19. The van der Waals surface area contributed by atoms with Crippen molar-refractivity contribution in [2.24, 2.45) is 0 Å². The summed E-state index contributed by atoms with van der Waals surface area (Å²) in [4.78, 5) is 13.5. The molecule has 32 heavy (non-hydrogen) atoms. The Hall–Kier alpha value is -2.79. The third-order valence-electron chi connectivity index (χ3n) is 5.71. The number of hydrogen-bond donors (Lipinski definition) is 1. The summed E-state index contributed by atoms with van der Waals surface area (Å²) in [6.07, 6.45) is 10.0. The molecule has 0 unspecified atom stereocenters. The van der Waals surface area contributed by atoms with E-state index in [2.05, 4.69) is 30.0 Å². The number of aliphatic carboxylic acids is 1. The molecular weight excluding hydrogens is 402 g/mol. The van der Waals surface area contributed by atoms with E-state index in [9.17, 15) is 4.79 Å². The Kier molecular flexibility index (Phi) is 9.63. The molecule has 1 aliphatic heterocycles. The van der Waals surface area contributed by atoms with Gasteiger partial charge in [0.05, 0.1) is 6.61 Å². The number of rotatable bonds is 11. The molecule has 0 saturated carbocycles. The lowest BCUT2D eigenvalue weighted by atomic mass is 10.0. The lowest BCUT2D eigenvalue weighted by Gasteiger charge is -2.25. The largest absolute Gasteiger partial charge is 0.491 e. The van der Waals surface area contributed by atoms with Crippen molar-refractivity contribution in [2.45, 2.75) is 45.4 Å². The maximum absolute atomic E-state index is 11.1. The summed E-state index contributed by atoms with van der Waals surface area (Å²) in [5.74, 6) is -0.114. The highest BCUT2D eigenvalue weighted by atomic mass is 16.5. The Morgan fingerprint density at radius 3 is 2.38 bits per heavy atom. The lowest BCUT2D eigenvalue weighted by molar-refractivity contribution is -0.131. The highest BCUT2D eigenvalue weighted by molar-refractivity contribution is 5.88. The standard InChI is InChI=1S/C27H35NO4/c1-2-3-18-31-19-20-32-25-12-8-22(9-13-25)23-10-14-26(24(21-23)11-15-27(29)30)28-16-6-4-5-7-17-28/h8-15,21H,2-7,16-20H2,1H3,(H,29,30). The predicted octanol–water partition coefficient (Wildman–Crippen LogP) is 6.03. The van der Waals surface area contributed by atoms with E-state index in [1.54, 1.807) is 6.08 Å². The molecule has 0 spiro atoms. The molecule has 1 saturated heterocycles. The van der Waals surface area contributed by atoms with Crippen molar-refractivity contribution in [3.8, 4) is 16.9 Å². The monoisotopic (exact) mass is 437 g/mol. The zero-order valence-electron chi connectivity index (χ0n) is 19.1. The van der Waals surface area contributed by atoms with Gasteiger partial charge in [0.15, 0.2) is 0 Å². The van der Waals surface area contributed by atoms with Crippen LogP contribution in [0.4, 0.5) is 5.69 Å². The molecule has 0 radical (unpaired) electrons. The smallest absolute Gasteiger partial charge is 0.328 e. The van der Waals surface area contributed by atoms with Gasteiger partial charge >= 0.3 is 5.97 Å². The quantitative estimate of drug-likeness (QED) is 0.344. The van der Waals surface area contributed by atoms with E-state index in [1.165, 1.54) is 31.8 Å². The van der Waals surface area contributed by atoms with E-state index in [0.717, 1.165) is 60.7 Å².